The summed E-state index contributed by atoms with van der Waals surface area (Å²) in [7, 11) is 3.08. The van der Waals surface area contributed by atoms with E-state index in [0.717, 1.165) is 5.56 Å². The Morgan fingerprint density at radius 2 is 1.72 bits per heavy atom. The van der Waals surface area contributed by atoms with E-state index in [-0.39, 0.29) is 18.4 Å². The summed E-state index contributed by atoms with van der Waals surface area (Å²) in [5.74, 6) is 1.91. The van der Waals surface area contributed by atoms with Gasteiger partial charge in [0.2, 0.25) is 11.1 Å². The molecule has 11 nitrogen and oxygen atoms in total. The number of methoxy groups -OCH3 is 2. The fourth-order valence-electron chi connectivity index (χ4n) is 5.27. The molecule has 246 valence electrons. The molecule has 2 heterocycles. The maximum absolute atomic E-state index is 14.1. The van der Waals surface area contributed by atoms with Crippen LogP contribution in [-0.4, -0.2) is 65.4 Å². The quantitative estimate of drug-likeness (QED) is 0.155. The lowest BCUT2D eigenvalue weighted by Crippen LogP contribution is -2.34. The first-order chi connectivity index (χ1) is 22.8. The number of carbonyl (C=O) groups is 2. The molecular formula is C34H37ClN6O5S. The van der Waals surface area contributed by atoms with Gasteiger partial charge in [-0.15, -0.1) is 5.10 Å². The number of aromatic nitrogens is 3. The maximum Gasteiger partial charge on any atom is 0.260 e. The fourth-order valence-corrected chi connectivity index (χ4v) is 6.39. The van der Waals surface area contributed by atoms with Crippen molar-refractivity contribution >= 4 is 46.8 Å². The van der Waals surface area contributed by atoms with Crippen molar-refractivity contribution in [2.24, 2.45) is 0 Å². The number of likely N-dealkylation sites (N-methyl/N-ethyl adjacent to an activating group) is 1. The van der Waals surface area contributed by atoms with Gasteiger partial charge in [0.25, 0.3) is 11.8 Å². The lowest BCUT2D eigenvalue weighted by atomic mass is 9.94. The summed E-state index contributed by atoms with van der Waals surface area (Å²) >= 11 is 7.83. The average Bonchev–Trinajstić information content (AvgIpc) is 3.49. The molecule has 0 spiro atoms. The first kappa shape index (κ1) is 33.7. The summed E-state index contributed by atoms with van der Waals surface area (Å²) in [4.78, 5) is 33.1. The highest BCUT2D eigenvalue weighted by atomic mass is 35.5. The van der Waals surface area contributed by atoms with Crippen LogP contribution in [0.3, 0.4) is 0 Å². The molecule has 2 N–H and O–H groups in total. The van der Waals surface area contributed by atoms with Crippen LogP contribution in [0.4, 0.5) is 11.6 Å². The molecule has 0 fully saturated rings. The van der Waals surface area contributed by atoms with E-state index in [1.165, 1.54) is 18.9 Å². The monoisotopic (exact) mass is 676 g/mol. The van der Waals surface area contributed by atoms with Gasteiger partial charge in [-0.1, -0.05) is 59.8 Å². The van der Waals surface area contributed by atoms with E-state index in [1.807, 2.05) is 63.2 Å². The Morgan fingerprint density at radius 3 is 2.45 bits per heavy atom. The number of benzene rings is 3. The Balaban J connectivity index is 1.51. The van der Waals surface area contributed by atoms with Gasteiger partial charge < -0.3 is 29.7 Å². The van der Waals surface area contributed by atoms with Crippen LogP contribution in [-0.2, 0) is 15.3 Å². The third-order valence-corrected chi connectivity index (χ3v) is 8.97. The van der Waals surface area contributed by atoms with Gasteiger partial charge in [0.05, 0.1) is 25.5 Å². The number of nitrogens with one attached hydrogen (secondary N) is 2. The molecule has 0 saturated heterocycles. The van der Waals surface area contributed by atoms with Crippen molar-refractivity contribution in [1.29, 1.82) is 0 Å². The molecular weight excluding hydrogens is 640 g/mol. The smallest absolute Gasteiger partial charge is 0.260 e. The second-order valence-electron chi connectivity index (χ2n) is 10.5. The summed E-state index contributed by atoms with van der Waals surface area (Å²) in [5.41, 5.74) is 3.21. The number of allylic oxidation sites excluding steroid dienone is 1. The van der Waals surface area contributed by atoms with E-state index in [0.29, 0.717) is 74.7 Å². The van der Waals surface area contributed by atoms with Gasteiger partial charge in [0.15, 0.2) is 18.1 Å². The number of carbonyl (C=O) groups excluding carboxylic acids is 2. The summed E-state index contributed by atoms with van der Waals surface area (Å²) in [6.45, 7) is 6.73. The SMILES string of the molecule is CCN(CC)C(=O)COc1ccc(C2C(C(=O)Nc3ccccc3OC)=C(C)Nc3nc(SCc4ccccc4Cl)nn32)cc1OC. The number of anilines is 2. The van der Waals surface area contributed by atoms with Crippen LogP contribution in [0.15, 0.2) is 83.2 Å². The topological polar surface area (TPSA) is 120 Å². The molecule has 0 aliphatic carbocycles. The van der Waals surface area contributed by atoms with Gasteiger partial charge >= 0.3 is 0 Å². The summed E-state index contributed by atoms with van der Waals surface area (Å²) < 4.78 is 18.8. The third kappa shape index (κ3) is 7.50. The number of fused-ring (bicyclic) bond motifs is 1. The number of hydrogen-bond acceptors (Lipinski definition) is 9. The van der Waals surface area contributed by atoms with Crippen LogP contribution in [0.1, 0.15) is 37.9 Å². The summed E-state index contributed by atoms with van der Waals surface area (Å²) in [6.07, 6.45) is 0. The number of ether oxygens (including phenoxy) is 3. The molecule has 1 unspecified atom stereocenters. The zero-order valence-corrected chi connectivity index (χ0v) is 28.4. The van der Waals surface area contributed by atoms with Crippen molar-refractivity contribution in [3.05, 3.63) is 94.1 Å². The number of amides is 2. The largest absolute Gasteiger partial charge is 0.495 e. The van der Waals surface area contributed by atoms with Gasteiger partial charge in [-0.2, -0.15) is 4.98 Å². The normalized spacial score (nSPS) is 13.8. The molecule has 3 aromatic carbocycles. The molecule has 4 aromatic rings. The average molecular weight is 677 g/mol. The van der Waals surface area contributed by atoms with Gasteiger partial charge in [0.1, 0.15) is 11.8 Å². The van der Waals surface area contributed by atoms with Crippen LogP contribution in [0.5, 0.6) is 17.2 Å². The standard InChI is InChI=1S/C34H37ClN6O5S/c1-6-40(7-2)29(42)19-46-27-17-16-22(18-28(27)45-5)31-30(32(43)37-25-14-10-11-15-26(25)44-4)21(3)36-33-38-34(39-41(31)33)47-20-23-12-8-9-13-24(23)35/h8-18,31H,6-7,19-20H2,1-5H3,(H,37,43)(H,36,38,39). The lowest BCUT2D eigenvalue weighted by Gasteiger charge is -2.29. The highest BCUT2D eigenvalue weighted by Gasteiger charge is 2.35. The Hall–Kier alpha value is -4.68. The molecule has 47 heavy (non-hydrogen) atoms. The maximum atomic E-state index is 14.1. The van der Waals surface area contributed by atoms with E-state index < -0.39 is 6.04 Å². The number of para-hydroxylation sites is 2. The Morgan fingerprint density at radius 1 is 1.00 bits per heavy atom. The molecule has 1 atom stereocenters. The van der Waals surface area contributed by atoms with Crippen molar-refractivity contribution in [2.45, 2.75) is 37.7 Å². The minimum Gasteiger partial charge on any atom is -0.495 e. The van der Waals surface area contributed by atoms with Gasteiger partial charge in [-0.05, 0) is 62.2 Å². The van der Waals surface area contributed by atoms with Crippen molar-refractivity contribution in [1.82, 2.24) is 19.7 Å². The van der Waals surface area contributed by atoms with Crippen LogP contribution in [0.2, 0.25) is 5.02 Å². The minimum atomic E-state index is -0.691. The fraction of sp³-hybridized carbons (Fsp3) is 0.294. The molecule has 1 aliphatic rings. The molecule has 5 rings (SSSR count). The van der Waals surface area contributed by atoms with Gasteiger partial charge in [-0.25, -0.2) is 4.68 Å². The summed E-state index contributed by atoms with van der Waals surface area (Å²) in [5, 5.41) is 12.3. The molecule has 13 heteroatoms. The lowest BCUT2D eigenvalue weighted by molar-refractivity contribution is -0.133. The highest BCUT2D eigenvalue weighted by molar-refractivity contribution is 7.98. The Kier molecular flexibility index (Phi) is 10.9. The Labute approximate surface area is 283 Å². The van der Waals surface area contributed by atoms with E-state index in [2.05, 4.69) is 10.6 Å². The molecule has 1 aromatic heterocycles. The van der Waals surface area contributed by atoms with Gasteiger partial charge in [-0.3, -0.25) is 9.59 Å². The van der Waals surface area contributed by atoms with E-state index in [9.17, 15) is 9.59 Å². The van der Waals surface area contributed by atoms with Crippen LogP contribution >= 0.6 is 23.4 Å². The molecule has 1 aliphatic heterocycles. The first-order valence-electron chi connectivity index (χ1n) is 15.1. The van der Waals surface area contributed by atoms with Crippen molar-refractivity contribution in [3.8, 4) is 17.2 Å². The van der Waals surface area contributed by atoms with E-state index in [4.69, 9.17) is 35.9 Å². The number of thioether (sulfide) groups is 1. The first-order valence-corrected chi connectivity index (χ1v) is 16.5. The number of rotatable bonds is 13. The number of halogens is 1. The molecule has 0 radical (unpaired) electrons. The zero-order chi connectivity index (χ0) is 33.5. The molecule has 0 bridgehead atoms. The molecule has 0 saturated carbocycles. The number of nitrogens with zero attached hydrogens (tertiary/aromatic N) is 4. The van der Waals surface area contributed by atoms with Gasteiger partial charge in [0, 0.05) is 29.6 Å². The summed E-state index contributed by atoms with van der Waals surface area (Å²) in [6, 6.07) is 19.5. The van der Waals surface area contributed by atoms with E-state index >= 15 is 0 Å². The van der Waals surface area contributed by atoms with E-state index in [1.54, 1.807) is 41.0 Å². The van der Waals surface area contributed by atoms with Crippen LogP contribution < -0.4 is 24.8 Å². The highest BCUT2D eigenvalue weighted by Crippen LogP contribution is 2.40. The molecule has 2 amide bonds. The van der Waals surface area contributed by atoms with Crippen molar-refractivity contribution in [2.75, 3.05) is 44.5 Å². The van der Waals surface area contributed by atoms with Crippen molar-refractivity contribution in [3.63, 3.8) is 0 Å². The van der Waals surface area contributed by atoms with Crippen LogP contribution in [0.25, 0.3) is 0 Å². The Bertz CT molecular complexity index is 1790. The zero-order valence-electron chi connectivity index (χ0n) is 26.9. The predicted octanol–water partition coefficient (Wildman–Crippen LogP) is 6.42. The minimum absolute atomic E-state index is 0.123. The predicted molar refractivity (Wildman–Crippen MR) is 184 cm³/mol. The third-order valence-electron chi connectivity index (χ3n) is 7.72. The second kappa shape index (κ2) is 15.3. The van der Waals surface area contributed by atoms with Crippen LogP contribution in [0, 0.1) is 0 Å². The second-order valence-corrected chi connectivity index (χ2v) is 11.9. The number of hydrogen-bond donors (Lipinski definition) is 2. The van der Waals surface area contributed by atoms with Crippen molar-refractivity contribution < 1.29 is 23.8 Å².